The van der Waals surface area contributed by atoms with E-state index >= 15 is 0 Å². The van der Waals surface area contributed by atoms with Gasteiger partial charge in [0.2, 0.25) is 6.79 Å². The molecule has 5 rings (SSSR count). The Kier molecular flexibility index (Phi) is 7.01. The molecule has 0 radical (unpaired) electrons. The fraction of sp³-hybridized carbons (Fsp3) is 0.480. The van der Waals surface area contributed by atoms with Crippen LogP contribution in [0.2, 0.25) is 0 Å². The number of nitrogens with one attached hydrogen (secondary N) is 1. The topological polar surface area (TPSA) is 104 Å². The van der Waals surface area contributed by atoms with Crippen LogP contribution in [0.5, 0.6) is 11.5 Å². The molecule has 1 aromatic carbocycles. The maximum absolute atomic E-state index is 12.5. The Morgan fingerprint density at radius 3 is 2.91 bits per heavy atom. The lowest BCUT2D eigenvalue weighted by atomic mass is 10.00. The number of benzene rings is 1. The summed E-state index contributed by atoms with van der Waals surface area (Å²) in [6, 6.07) is 9.59. The van der Waals surface area contributed by atoms with E-state index in [1.54, 1.807) is 19.2 Å². The number of fused-ring (bicyclic) bond motifs is 2. The van der Waals surface area contributed by atoms with E-state index in [2.05, 4.69) is 44.0 Å². The zero-order valence-corrected chi connectivity index (χ0v) is 20.2. The van der Waals surface area contributed by atoms with Crippen molar-refractivity contribution < 1.29 is 23.4 Å². The van der Waals surface area contributed by atoms with Crippen LogP contribution in [-0.4, -0.2) is 59.1 Å². The second kappa shape index (κ2) is 10.5. The number of rotatable bonds is 9. The van der Waals surface area contributed by atoms with Crippen molar-refractivity contribution >= 4 is 5.91 Å². The average molecular weight is 482 g/mol. The zero-order chi connectivity index (χ0) is 24.2. The van der Waals surface area contributed by atoms with Crippen LogP contribution in [0.15, 0.2) is 34.7 Å². The number of methoxy groups -OCH3 is 1. The van der Waals surface area contributed by atoms with Gasteiger partial charge >= 0.3 is 0 Å². The fourth-order valence-electron chi connectivity index (χ4n) is 4.68. The molecule has 1 atom stereocenters. The third-order valence-electron chi connectivity index (χ3n) is 6.37. The van der Waals surface area contributed by atoms with E-state index in [4.69, 9.17) is 18.6 Å². The van der Waals surface area contributed by atoms with Gasteiger partial charge in [0.15, 0.2) is 23.1 Å². The summed E-state index contributed by atoms with van der Waals surface area (Å²) in [6.07, 6.45) is 1.81. The van der Waals surface area contributed by atoms with E-state index in [-0.39, 0.29) is 11.7 Å². The average Bonchev–Trinajstić information content (AvgIpc) is 3.57. The van der Waals surface area contributed by atoms with Crippen molar-refractivity contribution in [2.24, 2.45) is 5.92 Å². The maximum Gasteiger partial charge on any atom is 0.287 e. The summed E-state index contributed by atoms with van der Waals surface area (Å²) < 4.78 is 23.6. The Labute approximate surface area is 204 Å². The van der Waals surface area contributed by atoms with Gasteiger partial charge in [-0.3, -0.25) is 4.79 Å². The molecule has 10 heteroatoms. The highest BCUT2D eigenvalue weighted by atomic mass is 16.7. The summed E-state index contributed by atoms with van der Waals surface area (Å²) in [6.45, 7) is 6.85. The highest BCUT2D eigenvalue weighted by molar-refractivity contribution is 5.91. The van der Waals surface area contributed by atoms with Crippen molar-refractivity contribution in [3.8, 4) is 11.5 Å². The number of hydrogen-bond donors (Lipinski definition) is 1. The van der Waals surface area contributed by atoms with Crippen molar-refractivity contribution in [3.63, 3.8) is 0 Å². The summed E-state index contributed by atoms with van der Waals surface area (Å²) in [4.78, 5) is 14.9. The van der Waals surface area contributed by atoms with Gasteiger partial charge in [0.05, 0.1) is 6.54 Å². The Hall–Kier alpha value is -3.37. The molecule has 0 spiro atoms. The Balaban J connectivity index is 1.12. The minimum Gasteiger partial charge on any atom is -0.454 e. The minimum absolute atomic E-state index is 0.260. The van der Waals surface area contributed by atoms with Gasteiger partial charge in [-0.25, -0.2) is 0 Å². The standard InChI is InChI=1S/C25H31N5O5/c1-17(11-18-3-5-20-22(12-18)34-16-33-20)14-29-8-7-23-27-28-24(30(23)10-9-29)13-26-25(31)21-6-4-19(35-21)15-32-2/h3-6,12,17H,7-11,13-16H2,1-2H3,(H,26,31)/t17-/m0/s1. The third kappa shape index (κ3) is 5.49. The third-order valence-corrected chi connectivity index (χ3v) is 6.37. The van der Waals surface area contributed by atoms with Gasteiger partial charge in [-0.15, -0.1) is 10.2 Å². The molecule has 35 heavy (non-hydrogen) atoms. The highest BCUT2D eigenvalue weighted by Gasteiger charge is 2.21. The van der Waals surface area contributed by atoms with E-state index in [0.717, 1.165) is 62.2 Å². The van der Waals surface area contributed by atoms with Crippen LogP contribution in [0, 0.1) is 5.92 Å². The van der Waals surface area contributed by atoms with Crippen molar-refractivity contribution in [3.05, 3.63) is 59.1 Å². The van der Waals surface area contributed by atoms with Crippen molar-refractivity contribution in [2.75, 3.05) is 33.5 Å². The smallest absolute Gasteiger partial charge is 0.287 e. The molecular formula is C25H31N5O5. The summed E-state index contributed by atoms with van der Waals surface area (Å²) in [5.74, 6) is 4.46. The van der Waals surface area contributed by atoms with E-state index in [1.807, 2.05) is 6.07 Å². The number of ether oxygens (including phenoxy) is 3. The van der Waals surface area contributed by atoms with Crippen LogP contribution >= 0.6 is 0 Å². The van der Waals surface area contributed by atoms with Gasteiger partial charge in [-0.05, 0) is 42.2 Å². The van der Waals surface area contributed by atoms with Gasteiger partial charge in [0.25, 0.3) is 5.91 Å². The molecule has 2 aliphatic heterocycles. The van der Waals surface area contributed by atoms with Crippen molar-refractivity contribution in [1.29, 1.82) is 0 Å². The molecule has 2 aliphatic rings. The molecule has 3 aromatic rings. The molecule has 4 heterocycles. The van der Waals surface area contributed by atoms with Crippen LogP contribution in [0.4, 0.5) is 0 Å². The number of nitrogens with zero attached hydrogens (tertiary/aromatic N) is 4. The first-order valence-electron chi connectivity index (χ1n) is 12.0. The maximum atomic E-state index is 12.5. The Morgan fingerprint density at radius 2 is 2.03 bits per heavy atom. The van der Waals surface area contributed by atoms with Crippen LogP contribution < -0.4 is 14.8 Å². The minimum atomic E-state index is -0.280. The molecular weight excluding hydrogens is 450 g/mol. The molecule has 10 nitrogen and oxygen atoms in total. The first-order valence-corrected chi connectivity index (χ1v) is 12.0. The molecule has 0 saturated carbocycles. The first-order chi connectivity index (χ1) is 17.1. The summed E-state index contributed by atoms with van der Waals surface area (Å²) in [7, 11) is 1.58. The van der Waals surface area contributed by atoms with E-state index in [9.17, 15) is 4.79 Å². The summed E-state index contributed by atoms with van der Waals surface area (Å²) in [5, 5.41) is 11.6. The lowest BCUT2D eigenvalue weighted by Gasteiger charge is -2.24. The van der Waals surface area contributed by atoms with Gasteiger partial charge in [0, 0.05) is 39.7 Å². The summed E-state index contributed by atoms with van der Waals surface area (Å²) in [5.41, 5.74) is 1.26. The molecule has 0 aliphatic carbocycles. The van der Waals surface area contributed by atoms with Crippen molar-refractivity contribution in [1.82, 2.24) is 25.0 Å². The van der Waals surface area contributed by atoms with E-state index in [0.29, 0.717) is 31.6 Å². The largest absolute Gasteiger partial charge is 0.454 e. The molecule has 1 amide bonds. The van der Waals surface area contributed by atoms with Gasteiger partial charge in [-0.1, -0.05) is 13.0 Å². The first kappa shape index (κ1) is 23.4. The van der Waals surface area contributed by atoms with E-state index in [1.165, 1.54) is 5.56 Å². The Morgan fingerprint density at radius 1 is 1.14 bits per heavy atom. The van der Waals surface area contributed by atoms with E-state index < -0.39 is 0 Å². The second-order valence-electron chi connectivity index (χ2n) is 9.11. The second-order valence-corrected chi connectivity index (χ2v) is 9.11. The molecule has 186 valence electrons. The van der Waals surface area contributed by atoms with Crippen LogP contribution in [-0.2, 0) is 37.3 Å². The number of amides is 1. The molecule has 0 fully saturated rings. The fourth-order valence-corrected chi connectivity index (χ4v) is 4.68. The lowest BCUT2D eigenvalue weighted by Crippen LogP contribution is -2.32. The van der Waals surface area contributed by atoms with Crippen LogP contribution in [0.3, 0.4) is 0 Å². The monoisotopic (exact) mass is 481 g/mol. The van der Waals surface area contributed by atoms with Gasteiger partial charge in [0.1, 0.15) is 18.2 Å². The number of carbonyl (C=O) groups excluding carboxylic acids is 1. The SMILES string of the molecule is COCc1ccc(C(=O)NCc2nnc3n2CCN(C[C@@H](C)Cc2ccc4c(c2)OCO4)CC3)o1. The predicted molar refractivity (Wildman–Crippen MR) is 126 cm³/mol. The predicted octanol–water partition coefficient (Wildman–Crippen LogP) is 2.41. The molecule has 0 bridgehead atoms. The lowest BCUT2D eigenvalue weighted by molar-refractivity contribution is 0.0912. The van der Waals surface area contributed by atoms with Gasteiger partial charge in [-0.2, -0.15) is 0 Å². The van der Waals surface area contributed by atoms with Crippen molar-refractivity contribution in [2.45, 2.75) is 39.5 Å². The van der Waals surface area contributed by atoms with Gasteiger partial charge < -0.3 is 33.4 Å². The normalized spacial score (nSPS) is 16.1. The zero-order valence-electron chi connectivity index (χ0n) is 20.2. The number of carbonyl (C=O) groups is 1. The van der Waals surface area contributed by atoms with Crippen LogP contribution in [0.25, 0.3) is 0 Å². The number of hydrogen-bond acceptors (Lipinski definition) is 8. The molecule has 1 N–H and O–H groups in total. The Bertz CT molecular complexity index is 1170. The highest BCUT2D eigenvalue weighted by Crippen LogP contribution is 2.33. The number of furan rings is 1. The summed E-state index contributed by atoms with van der Waals surface area (Å²) >= 11 is 0. The molecule has 2 aromatic heterocycles. The molecule has 0 unspecified atom stereocenters. The van der Waals surface area contributed by atoms with Crippen LogP contribution in [0.1, 0.15) is 40.5 Å². The molecule has 0 saturated heterocycles. The quantitative estimate of drug-likeness (QED) is 0.497. The number of aromatic nitrogens is 3.